The van der Waals surface area contributed by atoms with Gasteiger partial charge in [-0.1, -0.05) is 0 Å². The number of ether oxygens (including phenoxy) is 1. The van der Waals surface area contributed by atoms with Crippen LogP contribution >= 0.6 is 0 Å². The molecular formula is C17H10F19NO. The molecule has 222 valence electrons. The molecule has 38 heavy (non-hydrogen) atoms. The largest absolute Gasteiger partial charge is 0.487 e. The number of alkyl halides is 19. The summed E-state index contributed by atoms with van der Waals surface area (Å²) in [6, 6.07) is 2.12. The van der Waals surface area contributed by atoms with Crippen LogP contribution in [0, 0.1) is 0 Å². The summed E-state index contributed by atoms with van der Waals surface area (Å²) < 4.78 is 252. The topological polar surface area (TPSA) is 21.3 Å². The molecule has 0 unspecified atom stereocenters. The van der Waals surface area contributed by atoms with E-state index in [9.17, 15) is 83.4 Å². The van der Waals surface area contributed by atoms with E-state index >= 15 is 0 Å². The van der Waals surface area contributed by atoms with E-state index in [0.29, 0.717) is 24.3 Å². The van der Waals surface area contributed by atoms with Gasteiger partial charge in [0.1, 0.15) is 12.3 Å². The standard InChI is InChI=1S/C17H10F19NO/c18-9(19)12(25,26)14(29,30)16(33,34)17(35,36)15(31,32)13(27,28)10(20,21)6-38-8-3-1-7(2-4-8)37-5-11(22,23)24/h1-4,9,37H,5-6H2. The van der Waals surface area contributed by atoms with Gasteiger partial charge in [-0.25, -0.2) is 8.78 Å². The molecule has 0 saturated heterocycles. The molecule has 1 aromatic rings. The number of benzene rings is 1. The van der Waals surface area contributed by atoms with Gasteiger partial charge in [0.2, 0.25) is 0 Å². The molecule has 0 fully saturated rings. The zero-order chi connectivity index (χ0) is 30.4. The van der Waals surface area contributed by atoms with Crippen LogP contribution in [0.4, 0.5) is 89.1 Å². The van der Waals surface area contributed by atoms with Crippen molar-refractivity contribution >= 4 is 5.69 Å². The van der Waals surface area contributed by atoms with E-state index in [0.717, 1.165) is 0 Å². The number of halogens is 19. The van der Waals surface area contributed by atoms with E-state index < -0.39 is 78.6 Å². The van der Waals surface area contributed by atoms with Crippen LogP contribution in [0.15, 0.2) is 24.3 Å². The van der Waals surface area contributed by atoms with Crippen LogP contribution in [-0.4, -0.2) is 67.2 Å². The SMILES string of the molecule is FC(F)C(F)(F)C(F)(F)C(F)(F)C(F)(F)C(F)(F)C(F)(F)C(F)(F)COc1ccc(NCC(F)(F)F)cc1. The molecule has 0 radical (unpaired) electrons. The van der Waals surface area contributed by atoms with Gasteiger partial charge in [0, 0.05) is 5.69 Å². The summed E-state index contributed by atoms with van der Waals surface area (Å²) in [5.41, 5.74) is -0.401. The van der Waals surface area contributed by atoms with Crippen molar-refractivity contribution in [1.29, 1.82) is 0 Å². The molecule has 0 amide bonds. The van der Waals surface area contributed by atoms with Gasteiger partial charge in [-0.3, -0.25) is 0 Å². The lowest BCUT2D eigenvalue weighted by Gasteiger charge is -2.42. The average molecular weight is 605 g/mol. The molecule has 0 bridgehead atoms. The van der Waals surface area contributed by atoms with E-state index in [1.165, 1.54) is 0 Å². The smallest absolute Gasteiger partial charge is 0.405 e. The van der Waals surface area contributed by atoms with E-state index in [-0.39, 0.29) is 0 Å². The van der Waals surface area contributed by atoms with E-state index in [4.69, 9.17) is 0 Å². The maximum Gasteiger partial charge on any atom is 0.405 e. The third kappa shape index (κ3) is 5.59. The molecule has 0 heterocycles. The van der Waals surface area contributed by atoms with Gasteiger partial charge >= 0.3 is 54.1 Å². The fraction of sp³-hybridized carbons (Fsp3) is 0.647. The maximum absolute atomic E-state index is 13.8. The van der Waals surface area contributed by atoms with Gasteiger partial charge in [-0.15, -0.1) is 0 Å². The predicted molar refractivity (Wildman–Crippen MR) is 87.1 cm³/mol. The molecule has 21 heteroatoms. The fourth-order valence-corrected chi connectivity index (χ4v) is 2.30. The van der Waals surface area contributed by atoms with Crippen LogP contribution in [0.2, 0.25) is 0 Å². The second-order valence-corrected chi connectivity index (χ2v) is 7.28. The highest BCUT2D eigenvalue weighted by molar-refractivity contribution is 5.46. The first kappa shape index (κ1) is 33.5. The van der Waals surface area contributed by atoms with Crippen molar-refractivity contribution in [3.63, 3.8) is 0 Å². The van der Waals surface area contributed by atoms with Gasteiger partial charge in [-0.2, -0.15) is 74.6 Å². The van der Waals surface area contributed by atoms with Gasteiger partial charge in [0.15, 0.2) is 6.61 Å². The molecule has 1 N–H and O–H groups in total. The van der Waals surface area contributed by atoms with E-state index in [1.807, 2.05) is 0 Å². The summed E-state index contributed by atoms with van der Waals surface area (Å²) in [6.07, 6.45) is -10.7. The second-order valence-electron chi connectivity index (χ2n) is 7.28. The third-order valence-corrected chi connectivity index (χ3v) is 4.50. The Morgan fingerprint density at radius 2 is 0.974 bits per heavy atom. The van der Waals surface area contributed by atoms with Crippen LogP contribution in [0.25, 0.3) is 0 Å². The maximum atomic E-state index is 13.8. The van der Waals surface area contributed by atoms with Gasteiger partial charge in [0.25, 0.3) is 0 Å². The van der Waals surface area contributed by atoms with Gasteiger partial charge in [-0.05, 0) is 24.3 Å². The molecule has 0 aromatic heterocycles. The van der Waals surface area contributed by atoms with Gasteiger partial charge < -0.3 is 10.1 Å². The van der Waals surface area contributed by atoms with Crippen LogP contribution < -0.4 is 10.1 Å². The molecule has 0 aliphatic carbocycles. The highest BCUT2D eigenvalue weighted by Gasteiger charge is 2.93. The Hall–Kier alpha value is -2.51. The Balaban J connectivity index is 3.24. The predicted octanol–water partition coefficient (Wildman–Crippen LogP) is 7.75. The lowest BCUT2D eigenvalue weighted by molar-refractivity contribution is -0.447. The van der Waals surface area contributed by atoms with Crippen LogP contribution in [0.5, 0.6) is 5.75 Å². The molecule has 0 aliphatic rings. The minimum atomic E-state index is -8.51. The molecule has 2 nitrogen and oxygen atoms in total. The highest BCUT2D eigenvalue weighted by atomic mass is 19.4. The van der Waals surface area contributed by atoms with Crippen molar-refractivity contribution in [2.24, 2.45) is 0 Å². The first-order valence-electron chi connectivity index (χ1n) is 9.06. The lowest BCUT2D eigenvalue weighted by Crippen LogP contribution is -2.74. The van der Waals surface area contributed by atoms with Gasteiger partial charge in [0.05, 0.1) is 0 Å². The molecule has 1 rings (SSSR count). The first-order chi connectivity index (χ1) is 16.6. The third-order valence-electron chi connectivity index (χ3n) is 4.50. The molecule has 0 aliphatic heterocycles. The average Bonchev–Trinajstić information content (AvgIpc) is 2.75. The summed E-state index contributed by atoms with van der Waals surface area (Å²) >= 11 is 0. The molecule has 1 aromatic carbocycles. The zero-order valence-corrected chi connectivity index (χ0v) is 17.4. The fourth-order valence-electron chi connectivity index (χ4n) is 2.30. The molecule has 0 saturated carbocycles. The Morgan fingerprint density at radius 3 is 1.37 bits per heavy atom. The summed E-state index contributed by atoms with van der Waals surface area (Å²) in [5, 5.41) is 1.72. The Bertz CT molecular complexity index is 938. The second kappa shape index (κ2) is 9.91. The number of hydrogen-bond acceptors (Lipinski definition) is 2. The number of anilines is 1. The van der Waals surface area contributed by atoms with E-state index in [1.54, 1.807) is 5.32 Å². The molecular weight excluding hydrogens is 595 g/mol. The minimum Gasteiger partial charge on any atom is -0.487 e. The number of nitrogens with one attached hydrogen (secondary N) is 1. The summed E-state index contributed by atoms with van der Waals surface area (Å²) in [7, 11) is 0. The Morgan fingerprint density at radius 1 is 0.579 bits per heavy atom. The van der Waals surface area contributed by atoms with Crippen molar-refractivity contribution in [3.05, 3.63) is 24.3 Å². The van der Waals surface area contributed by atoms with Crippen LogP contribution in [0.1, 0.15) is 0 Å². The van der Waals surface area contributed by atoms with Crippen molar-refractivity contribution in [2.45, 2.75) is 54.1 Å². The highest BCUT2D eigenvalue weighted by Crippen LogP contribution is 2.62. The monoisotopic (exact) mass is 605 g/mol. The summed E-state index contributed by atoms with van der Waals surface area (Å²) in [4.78, 5) is 0. The first-order valence-corrected chi connectivity index (χ1v) is 9.06. The molecule has 0 atom stereocenters. The van der Waals surface area contributed by atoms with Crippen molar-refractivity contribution < 1.29 is 88.2 Å². The Kier molecular flexibility index (Phi) is 8.74. The van der Waals surface area contributed by atoms with Crippen LogP contribution in [-0.2, 0) is 0 Å². The minimum absolute atomic E-state index is 0.401. The Labute approximate surface area is 197 Å². The van der Waals surface area contributed by atoms with Crippen molar-refractivity contribution in [2.75, 3.05) is 18.5 Å². The summed E-state index contributed by atoms with van der Waals surface area (Å²) in [6.45, 7) is -4.73. The quantitative estimate of drug-likeness (QED) is 0.246. The van der Waals surface area contributed by atoms with Crippen molar-refractivity contribution in [3.8, 4) is 5.75 Å². The summed E-state index contributed by atoms with van der Waals surface area (Å²) in [5.74, 6) is -56.5. The zero-order valence-electron chi connectivity index (χ0n) is 17.4. The lowest BCUT2D eigenvalue weighted by atomic mass is 9.89. The van der Waals surface area contributed by atoms with Crippen molar-refractivity contribution in [1.82, 2.24) is 0 Å². The number of rotatable bonds is 12. The normalized spacial score (nSPS) is 15.2. The van der Waals surface area contributed by atoms with Crippen LogP contribution in [0.3, 0.4) is 0 Å². The molecule has 0 spiro atoms. The number of hydrogen-bond donors (Lipinski definition) is 1. The van der Waals surface area contributed by atoms with E-state index in [2.05, 4.69) is 4.74 Å².